The average Bonchev–Trinajstić information content (AvgIpc) is 3.15. The van der Waals surface area contributed by atoms with Gasteiger partial charge in [0.15, 0.2) is 5.13 Å². The molecule has 4 rings (SSSR count). The topological polar surface area (TPSA) is 101 Å². The summed E-state index contributed by atoms with van der Waals surface area (Å²) in [5, 5.41) is 4.62. The summed E-state index contributed by atoms with van der Waals surface area (Å²) in [7, 11) is -3.41. The van der Waals surface area contributed by atoms with E-state index in [0.29, 0.717) is 29.4 Å². The van der Waals surface area contributed by atoms with Gasteiger partial charge in [0.05, 0.1) is 16.4 Å². The van der Waals surface area contributed by atoms with E-state index < -0.39 is 15.4 Å². The summed E-state index contributed by atoms with van der Waals surface area (Å²) in [5.41, 5.74) is 3.38. The molecule has 2 N–H and O–H groups in total. The van der Waals surface area contributed by atoms with Crippen molar-refractivity contribution in [1.82, 2.24) is 9.97 Å². The number of nitrogens with zero attached hydrogens (tertiary/aromatic N) is 2. The highest BCUT2D eigenvalue weighted by atomic mass is 32.2. The minimum atomic E-state index is -3.41. The SMILES string of the molecule is Cc1cncc(-c2ccc(NC(=O)C(C)(C)c3csc(NS(=O)(=O)C4CCC4)n3)cc2)c1. The van der Waals surface area contributed by atoms with Gasteiger partial charge in [-0.1, -0.05) is 18.6 Å². The minimum Gasteiger partial charge on any atom is -0.325 e. The summed E-state index contributed by atoms with van der Waals surface area (Å²) in [6, 6.07) is 9.64. The van der Waals surface area contributed by atoms with E-state index in [1.54, 1.807) is 19.2 Å². The number of nitrogens with one attached hydrogen (secondary N) is 2. The number of amides is 1. The van der Waals surface area contributed by atoms with Crippen LogP contribution in [0.25, 0.3) is 11.1 Å². The number of carbonyl (C=O) groups is 1. The monoisotopic (exact) mass is 470 g/mol. The zero-order chi connectivity index (χ0) is 22.9. The predicted molar refractivity (Wildman–Crippen MR) is 128 cm³/mol. The van der Waals surface area contributed by atoms with Gasteiger partial charge in [-0.25, -0.2) is 13.4 Å². The van der Waals surface area contributed by atoms with Gasteiger partial charge in [-0.15, -0.1) is 11.3 Å². The summed E-state index contributed by atoms with van der Waals surface area (Å²) in [6.45, 7) is 5.54. The van der Waals surface area contributed by atoms with E-state index in [-0.39, 0.29) is 11.2 Å². The van der Waals surface area contributed by atoms with Gasteiger partial charge >= 0.3 is 0 Å². The van der Waals surface area contributed by atoms with Crippen LogP contribution in [-0.4, -0.2) is 29.5 Å². The van der Waals surface area contributed by atoms with Crippen molar-refractivity contribution in [1.29, 1.82) is 0 Å². The highest BCUT2D eigenvalue weighted by molar-refractivity contribution is 7.93. The second kappa shape index (κ2) is 8.63. The second-order valence-corrected chi connectivity index (χ2v) is 11.5. The van der Waals surface area contributed by atoms with E-state index >= 15 is 0 Å². The summed E-state index contributed by atoms with van der Waals surface area (Å²) < 4.78 is 27.2. The highest BCUT2D eigenvalue weighted by Crippen LogP contribution is 2.32. The van der Waals surface area contributed by atoms with Gasteiger partial charge in [0.1, 0.15) is 0 Å². The summed E-state index contributed by atoms with van der Waals surface area (Å²) in [5.74, 6) is -0.221. The number of hydrogen-bond donors (Lipinski definition) is 2. The van der Waals surface area contributed by atoms with Crippen molar-refractivity contribution in [3.63, 3.8) is 0 Å². The quantitative estimate of drug-likeness (QED) is 0.520. The fraction of sp³-hybridized carbons (Fsp3) is 0.348. The van der Waals surface area contributed by atoms with Crippen LogP contribution in [0.15, 0.2) is 48.1 Å². The number of carbonyl (C=O) groups excluding carboxylic acids is 1. The maximum Gasteiger partial charge on any atom is 0.237 e. The standard InChI is InChI=1S/C23H26N4O3S2/c1-15-11-17(13-24-12-15)16-7-9-18(10-8-16)25-21(28)23(2,3)20-14-31-22(26-20)27-32(29,30)19-5-4-6-19/h7-14,19H,4-6H2,1-3H3,(H,25,28)(H,26,27). The van der Waals surface area contributed by atoms with E-state index in [9.17, 15) is 13.2 Å². The Balaban J connectivity index is 1.44. The van der Waals surface area contributed by atoms with E-state index in [1.807, 2.05) is 43.6 Å². The lowest BCUT2D eigenvalue weighted by Crippen LogP contribution is -2.35. The van der Waals surface area contributed by atoms with Crippen LogP contribution in [0.3, 0.4) is 0 Å². The van der Waals surface area contributed by atoms with Crippen molar-refractivity contribution in [2.24, 2.45) is 0 Å². The number of aromatic nitrogens is 2. The molecule has 0 saturated heterocycles. The van der Waals surface area contributed by atoms with Crippen LogP contribution in [0.2, 0.25) is 0 Å². The summed E-state index contributed by atoms with van der Waals surface area (Å²) in [6.07, 6.45) is 5.91. The van der Waals surface area contributed by atoms with Crippen molar-refractivity contribution in [2.45, 2.75) is 50.7 Å². The smallest absolute Gasteiger partial charge is 0.237 e. The molecule has 9 heteroatoms. The first-order valence-electron chi connectivity index (χ1n) is 10.5. The van der Waals surface area contributed by atoms with Gasteiger partial charge in [0, 0.05) is 29.0 Å². The summed E-state index contributed by atoms with van der Waals surface area (Å²) in [4.78, 5) is 21.6. The molecule has 2 heterocycles. The van der Waals surface area contributed by atoms with E-state index in [2.05, 4.69) is 26.1 Å². The van der Waals surface area contributed by atoms with Crippen LogP contribution < -0.4 is 10.0 Å². The molecule has 0 bridgehead atoms. The predicted octanol–water partition coefficient (Wildman–Crippen LogP) is 4.72. The second-order valence-electron chi connectivity index (χ2n) is 8.65. The van der Waals surface area contributed by atoms with Crippen LogP contribution in [0.5, 0.6) is 0 Å². The molecule has 1 amide bonds. The molecule has 1 saturated carbocycles. The fourth-order valence-corrected chi connectivity index (χ4v) is 6.03. The molecular weight excluding hydrogens is 444 g/mol. The Labute approximate surface area is 192 Å². The maximum absolute atomic E-state index is 13.0. The van der Waals surface area contributed by atoms with Crippen molar-refractivity contribution >= 4 is 38.1 Å². The first-order chi connectivity index (χ1) is 15.1. The van der Waals surface area contributed by atoms with Crippen molar-refractivity contribution in [3.8, 4) is 11.1 Å². The fourth-order valence-electron chi connectivity index (χ4n) is 3.36. The number of thiazole rings is 1. The van der Waals surface area contributed by atoms with Gasteiger partial charge in [0.2, 0.25) is 15.9 Å². The maximum atomic E-state index is 13.0. The van der Waals surface area contributed by atoms with Crippen LogP contribution in [0.4, 0.5) is 10.8 Å². The molecule has 0 aliphatic heterocycles. The third-order valence-electron chi connectivity index (χ3n) is 5.78. The summed E-state index contributed by atoms with van der Waals surface area (Å²) >= 11 is 1.19. The number of benzene rings is 1. The van der Waals surface area contributed by atoms with E-state index in [0.717, 1.165) is 23.1 Å². The first-order valence-corrected chi connectivity index (χ1v) is 12.9. The van der Waals surface area contributed by atoms with Gasteiger partial charge in [-0.2, -0.15) is 0 Å². The van der Waals surface area contributed by atoms with Crippen LogP contribution >= 0.6 is 11.3 Å². The number of anilines is 2. The van der Waals surface area contributed by atoms with Gasteiger partial charge < -0.3 is 5.32 Å². The minimum absolute atomic E-state index is 0.221. The molecule has 1 fully saturated rings. The van der Waals surface area contributed by atoms with Gasteiger partial charge in [-0.3, -0.25) is 14.5 Å². The van der Waals surface area contributed by atoms with Crippen molar-refractivity contribution in [2.75, 3.05) is 10.0 Å². The van der Waals surface area contributed by atoms with Crippen LogP contribution in [0.1, 0.15) is 44.4 Å². The highest BCUT2D eigenvalue weighted by Gasteiger charge is 2.35. The number of aryl methyl sites for hydroxylation is 1. The lowest BCUT2D eigenvalue weighted by Gasteiger charge is -2.25. The number of pyridine rings is 1. The molecule has 0 spiro atoms. The van der Waals surface area contributed by atoms with Gasteiger partial charge in [0.25, 0.3) is 0 Å². The molecule has 0 unspecified atom stereocenters. The zero-order valence-corrected chi connectivity index (χ0v) is 19.9. The van der Waals surface area contributed by atoms with Crippen molar-refractivity contribution in [3.05, 3.63) is 59.4 Å². The third-order valence-corrected chi connectivity index (χ3v) is 8.50. The Morgan fingerprint density at radius 1 is 1.12 bits per heavy atom. The molecule has 0 radical (unpaired) electrons. The number of rotatable bonds is 7. The molecular formula is C23H26N4O3S2. The zero-order valence-electron chi connectivity index (χ0n) is 18.3. The Hall–Kier alpha value is -2.78. The van der Waals surface area contributed by atoms with Crippen LogP contribution in [-0.2, 0) is 20.2 Å². The first kappa shape index (κ1) is 22.4. The van der Waals surface area contributed by atoms with E-state index in [1.165, 1.54) is 11.3 Å². The lowest BCUT2D eigenvalue weighted by molar-refractivity contribution is -0.120. The van der Waals surface area contributed by atoms with Crippen molar-refractivity contribution < 1.29 is 13.2 Å². The molecule has 1 aliphatic rings. The normalized spacial score (nSPS) is 14.6. The van der Waals surface area contributed by atoms with Crippen LogP contribution in [0, 0.1) is 6.92 Å². The molecule has 0 atom stereocenters. The molecule has 32 heavy (non-hydrogen) atoms. The Kier molecular flexibility index (Phi) is 6.05. The largest absolute Gasteiger partial charge is 0.325 e. The average molecular weight is 471 g/mol. The number of hydrogen-bond acceptors (Lipinski definition) is 6. The molecule has 1 aromatic carbocycles. The molecule has 168 valence electrons. The third kappa shape index (κ3) is 4.68. The lowest BCUT2D eigenvalue weighted by atomic mass is 9.89. The molecule has 7 nitrogen and oxygen atoms in total. The van der Waals surface area contributed by atoms with Gasteiger partial charge in [-0.05, 0) is 62.9 Å². The number of sulfonamides is 1. The van der Waals surface area contributed by atoms with E-state index in [4.69, 9.17) is 0 Å². The molecule has 3 aromatic rings. The Morgan fingerprint density at radius 2 is 1.84 bits per heavy atom. The Morgan fingerprint density at radius 3 is 2.47 bits per heavy atom. The Bertz CT molecular complexity index is 1230. The molecule has 2 aromatic heterocycles. The molecule has 1 aliphatic carbocycles.